The number of hydrogen-bond acceptors (Lipinski definition) is 8. The maximum Gasteiger partial charge on any atom is 0.363 e. The minimum atomic E-state index is -0.758. The third kappa shape index (κ3) is 4.50. The van der Waals surface area contributed by atoms with Crippen molar-refractivity contribution in [2.75, 3.05) is 7.11 Å². The smallest absolute Gasteiger partial charge is 0.363 e. The van der Waals surface area contributed by atoms with Crippen LogP contribution in [0.3, 0.4) is 0 Å². The zero-order valence-corrected chi connectivity index (χ0v) is 17.8. The van der Waals surface area contributed by atoms with E-state index in [9.17, 15) is 19.7 Å². The van der Waals surface area contributed by atoms with E-state index in [1.807, 2.05) is 0 Å². The monoisotopic (exact) mass is 494 g/mol. The van der Waals surface area contributed by atoms with E-state index in [1.54, 1.807) is 6.07 Å². The number of hydrogen-bond donors (Lipinski definition) is 0. The van der Waals surface area contributed by atoms with Crippen LogP contribution < -0.4 is 9.47 Å². The Morgan fingerprint density at radius 1 is 1.33 bits per heavy atom. The first-order valence-corrected chi connectivity index (χ1v) is 9.39. The average molecular weight is 496 g/mol. The third-order valence-corrected chi connectivity index (χ3v) is 4.73. The van der Waals surface area contributed by atoms with Gasteiger partial charge < -0.3 is 14.2 Å². The summed E-state index contributed by atoms with van der Waals surface area (Å²) in [4.78, 5) is 38.0. The second-order valence-electron chi connectivity index (χ2n) is 5.89. The number of nitrogens with zero attached hydrogens (tertiary/aromatic N) is 2. The van der Waals surface area contributed by atoms with Crippen LogP contribution in [0.25, 0.3) is 6.08 Å². The third-order valence-electron chi connectivity index (χ3n) is 3.81. The fourth-order valence-corrected chi connectivity index (χ4v) is 3.28. The van der Waals surface area contributed by atoms with Crippen molar-refractivity contribution in [2.45, 2.75) is 6.92 Å². The van der Waals surface area contributed by atoms with E-state index in [1.165, 1.54) is 44.4 Å². The highest BCUT2D eigenvalue weighted by atomic mass is 79.9. The Hall–Kier alpha value is -3.24. The van der Waals surface area contributed by atoms with Gasteiger partial charge in [-0.3, -0.25) is 14.9 Å². The van der Waals surface area contributed by atoms with Crippen molar-refractivity contribution >= 4 is 57.1 Å². The first kappa shape index (κ1) is 21.5. The number of nitro groups is 1. The van der Waals surface area contributed by atoms with E-state index in [2.05, 4.69) is 20.9 Å². The molecule has 0 amide bonds. The summed E-state index contributed by atoms with van der Waals surface area (Å²) in [7, 11) is 1.40. The summed E-state index contributed by atoms with van der Waals surface area (Å²) in [5, 5.41) is 11.1. The molecular formula is C19H12BrClN2O7. The van der Waals surface area contributed by atoms with Crippen LogP contribution in [0.5, 0.6) is 11.5 Å². The molecule has 0 N–H and O–H groups in total. The maximum absolute atomic E-state index is 12.2. The van der Waals surface area contributed by atoms with Gasteiger partial charge >= 0.3 is 11.9 Å². The van der Waals surface area contributed by atoms with E-state index in [4.69, 9.17) is 25.8 Å². The molecule has 0 unspecified atom stereocenters. The number of halogens is 2. The molecular weight excluding hydrogens is 484 g/mol. The van der Waals surface area contributed by atoms with Crippen LogP contribution in [0.2, 0.25) is 5.02 Å². The molecule has 0 fully saturated rings. The summed E-state index contributed by atoms with van der Waals surface area (Å²) in [6, 6.07) is 6.86. The summed E-state index contributed by atoms with van der Waals surface area (Å²) in [5.74, 6) is -0.991. The topological polar surface area (TPSA) is 117 Å². The fourth-order valence-electron chi connectivity index (χ4n) is 2.54. The molecule has 2 aromatic carbocycles. The Bertz CT molecular complexity index is 1140. The first-order chi connectivity index (χ1) is 14.2. The minimum Gasteiger partial charge on any atom is -0.493 e. The Morgan fingerprint density at radius 2 is 2.07 bits per heavy atom. The standard InChI is InChI=1S/C19H12BrClN2O7/c1-9(24)29-17-13(20)5-10(7-16(17)28-2)6-15-19(25)30-18(22-15)12-8-11(23(26)27)3-4-14(12)21/h3-8H,1-2H3. The number of esters is 2. The van der Waals surface area contributed by atoms with Crippen molar-refractivity contribution in [3.63, 3.8) is 0 Å². The quantitative estimate of drug-likeness (QED) is 0.200. The van der Waals surface area contributed by atoms with Gasteiger partial charge in [0, 0.05) is 19.1 Å². The van der Waals surface area contributed by atoms with Gasteiger partial charge in [-0.1, -0.05) is 11.6 Å². The second-order valence-corrected chi connectivity index (χ2v) is 7.15. The van der Waals surface area contributed by atoms with Gasteiger partial charge in [0.2, 0.25) is 5.90 Å². The molecule has 0 radical (unpaired) electrons. The second kappa shape index (κ2) is 8.64. The van der Waals surface area contributed by atoms with Crippen molar-refractivity contribution in [3.8, 4) is 11.5 Å². The van der Waals surface area contributed by atoms with Crippen molar-refractivity contribution < 1.29 is 28.7 Å². The highest BCUT2D eigenvalue weighted by Crippen LogP contribution is 2.38. The molecule has 0 aromatic heterocycles. The highest BCUT2D eigenvalue weighted by Gasteiger charge is 2.27. The van der Waals surface area contributed by atoms with E-state index < -0.39 is 16.9 Å². The number of carbonyl (C=O) groups is 2. The number of benzene rings is 2. The van der Waals surface area contributed by atoms with Crippen LogP contribution in [-0.4, -0.2) is 29.9 Å². The van der Waals surface area contributed by atoms with E-state index >= 15 is 0 Å². The molecule has 0 saturated heterocycles. The molecule has 3 rings (SSSR count). The molecule has 2 aromatic rings. The van der Waals surface area contributed by atoms with E-state index in [-0.39, 0.29) is 39.4 Å². The normalized spacial score (nSPS) is 14.3. The van der Waals surface area contributed by atoms with Gasteiger partial charge in [0.05, 0.1) is 27.1 Å². The van der Waals surface area contributed by atoms with Crippen LogP contribution in [0.1, 0.15) is 18.1 Å². The van der Waals surface area contributed by atoms with Crippen molar-refractivity contribution in [1.82, 2.24) is 0 Å². The van der Waals surface area contributed by atoms with Crippen LogP contribution in [0.4, 0.5) is 5.69 Å². The summed E-state index contributed by atoms with van der Waals surface area (Å²) in [6.07, 6.45) is 1.42. The van der Waals surface area contributed by atoms with Gasteiger partial charge in [0.25, 0.3) is 5.69 Å². The van der Waals surface area contributed by atoms with Gasteiger partial charge in [-0.15, -0.1) is 0 Å². The number of ether oxygens (including phenoxy) is 3. The number of methoxy groups -OCH3 is 1. The highest BCUT2D eigenvalue weighted by molar-refractivity contribution is 9.10. The summed E-state index contributed by atoms with van der Waals surface area (Å²) < 4.78 is 15.9. The average Bonchev–Trinajstić information content (AvgIpc) is 3.03. The molecule has 0 aliphatic carbocycles. The molecule has 30 heavy (non-hydrogen) atoms. The molecule has 9 nitrogen and oxygen atoms in total. The maximum atomic E-state index is 12.2. The molecule has 1 heterocycles. The lowest BCUT2D eigenvalue weighted by Crippen LogP contribution is -2.06. The lowest BCUT2D eigenvalue weighted by Gasteiger charge is -2.11. The minimum absolute atomic E-state index is 0.0539. The molecule has 0 bridgehead atoms. The number of carbonyl (C=O) groups excluding carboxylic acids is 2. The van der Waals surface area contributed by atoms with Gasteiger partial charge in [-0.25, -0.2) is 9.79 Å². The van der Waals surface area contributed by atoms with E-state index in [0.29, 0.717) is 10.0 Å². The molecule has 1 aliphatic heterocycles. The fraction of sp³-hybridized carbons (Fsp3) is 0.105. The Balaban J connectivity index is 2.01. The Kier molecular flexibility index (Phi) is 6.18. The van der Waals surface area contributed by atoms with Crippen LogP contribution in [-0.2, 0) is 14.3 Å². The lowest BCUT2D eigenvalue weighted by molar-refractivity contribution is -0.384. The molecule has 11 heteroatoms. The summed E-state index contributed by atoms with van der Waals surface area (Å²) >= 11 is 9.37. The molecule has 0 spiro atoms. The van der Waals surface area contributed by atoms with Crippen molar-refractivity contribution in [2.24, 2.45) is 4.99 Å². The number of rotatable bonds is 5. The van der Waals surface area contributed by atoms with Gasteiger partial charge in [-0.2, -0.15) is 0 Å². The van der Waals surface area contributed by atoms with Gasteiger partial charge in [0.1, 0.15) is 0 Å². The summed E-state index contributed by atoms with van der Waals surface area (Å²) in [6.45, 7) is 1.26. The SMILES string of the molecule is COc1cc(C=C2N=C(c3cc([N+](=O)[O-])ccc3Cl)OC2=O)cc(Br)c1OC(C)=O. The van der Waals surface area contributed by atoms with Gasteiger partial charge in [-0.05, 0) is 45.8 Å². The number of aliphatic imine (C=N–C) groups is 1. The predicted molar refractivity (Wildman–Crippen MR) is 111 cm³/mol. The van der Waals surface area contributed by atoms with Crippen LogP contribution in [0.15, 0.2) is 45.5 Å². The molecule has 0 atom stereocenters. The Labute approximate surface area is 183 Å². The Morgan fingerprint density at radius 3 is 2.70 bits per heavy atom. The molecule has 0 saturated carbocycles. The largest absolute Gasteiger partial charge is 0.493 e. The summed E-state index contributed by atoms with van der Waals surface area (Å²) in [5.41, 5.74) is 0.338. The van der Waals surface area contributed by atoms with E-state index in [0.717, 1.165) is 0 Å². The van der Waals surface area contributed by atoms with Gasteiger partial charge in [0.15, 0.2) is 17.2 Å². The number of non-ortho nitro benzene ring substituents is 1. The zero-order valence-electron chi connectivity index (χ0n) is 15.5. The molecule has 1 aliphatic rings. The number of nitro benzene ring substituents is 1. The predicted octanol–water partition coefficient (Wildman–Crippen LogP) is 4.29. The molecule has 154 valence electrons. The van der Waals surface area contributed by atoms with Crippen LogP contribution in [0, 0.1) is 10.1 Å². The number of cyclic esters (lactones) is 1. The van der Waals surface area contributed by atoms with Crippen molar-refractivity contribution in [3.05, 3.63) is 66.8 Å². The van der Waals surface area contributed by atoms with Crippen molar-refractivity contribution in [1.29, 1.82) is 0 Å². The first-order valence-electron chi connectivity index (χ1n) is 8.22. The van der Waals surface area contributed by atoms with Crippen LogP contribution >= 0.6 is 27.5 Å². The zero-order chi connectivity index (χ0) is 22.0. The lowest BCUT2D eigenvalue weighted by atomic mass is 10.1.